The molecule has 0 bridgehead atoms. The zero-order chi connectivity index (χ0) is 13.2. The second-order valence-corrected chi connectivity index (χ2v) is 5.13. The van der Waals surface area contributed by atoms with Crippen LogP contribution in [0.5, 0.6) is 0 Å². The summed E-state index contributed by atoms with van der Waals surface area (Å²) in [6, 6.07) is 7.87. The molecule has 0 amide bonds. The molecule has 0 spiro atoms. The van der Waals surface area contributed by atoms with Gasteiger partial charge in [0.15, 0.2) is 11.0 Å². The predicted octanol–water partition coefficient (Wildman–Crippen LogP) is 4.18. The van der Waals surface area contributed by atoms with Crippen molar-refractivity contribution in [2.45, 2.75) is 0 Å². The highest BCUT2D eigenvalue weighted by molar-refractivity contribution is 9.10. The van der Waals surface area contributed by atoms with Crippen LogP contribution in [0.3, 0.4) is 0 Å². The number of pyridine rings is 1. The van der Waals surface area contributed by atoms with Gasteiger partial charge in [-0.25, -0.2) is 9.97 Å². The van der Waals surface area contributed by atoms with Crippen molar-refractivity contribution in [3.05, 3.63) is 52.5 Å². The molecule has 1 N–H and O–H groups in total. The van der Waals surface area contributed by atoms with Crippen LogP contribution in [0.2, 0.25) is 5.15 Å². The van der Waals surface area contributed by atoms with Crippen LogP contribution < -0.4 is 5.32 Å². The molecular weight excluding hydrogens is 328 g/mol. The third-order valence-electron chi connectivity index (χ3n) is 2.58. The van der Waals surface area contributed by atoms with Crippen molar-refractivity contribution in [3.63, 3.8) is 0 Å². The molecule has 0 saturated carbocycles. The van der Waals surface area contributed by atoms with E-state index in [9.17, 15) is 0 Å². The average molecular weight is 336 g/mol. The molecule has 3 rings (SSSR count). The van der Waals surface area contributed by atoms with Gasteiger partial charge in [0, 0.05) is 28.4 Å². The monoisotopic (exact) mass is 334 g/mol. The minimum Gasteiger partial charge on any atom is -0.336 e. The molecule has 3 aromatic rings. The molecular formula is C13H8BrClN4. The van der Waals surface area contributed by atoms with Gasteiger partial charge < -0.3 is 5.32 Å². The molecule has 0 saturated heterocycles. The maximum Gasteiger partial charge on any atom is 0.171 e. The Hall–Kier alpha value is -1.72. The normalized spacial score (nSPS) is 10.6. The first-order valence-electron chi connectivity index (χ1n) is 5.52. The average Bonchev–Trinajstić information content (AvgIpc) is 2.41. The van der Waals surface area contributed by atoms with E-state index in [1.807, 2.05) is 24.3 Å². The van der Waals surface area contributed by atoms with Crippen molar-refractivity contribution < 1.29 is 0 Å². The van der Waals surface area contributed by atoms with Gasteiger partial charge in [-0.15, -0.1) is 0 Å². The zero-order valence-electron chi connectivity index (χ0n) is 9.64. The number of rotatable bonds is 2. The van der Waals surface area contributed by atoms with Crippen molar-refractivity contribution >= 4 is 49.9 Å². The number of para-hydroxylation sites is 1. The highest BCUT2D eigenvalue weighted by Gasteiger charge is 2.06. The quantitative estimate of drug-likeness (QED) is 0.763. The second-order valence-electron chi connectivity index (χ2n) is 3.85. The summed E-state index contributed by atoms with van der Waals surface area (Å²) in [5.41, 5.74) is 1.69. The zero-order valence-corrected chi connectivity index (χ0v) is 12.0. The van der Waals surface area contributed by atoms with E-state index >= 15 is 0 Å². The van der Waals surface area contributed by atoms with Gasteiger partial charge in [-0.3, -0.25) is 4.98 Å². The topological polar surface area (TPSA) is 50.7 Å². The summed E-state index contributed by atoms with van der Waals surface area (Å²) in [5, 5.41) is 4.51. The van der Waals surface area contributed by atoms with E-state index in [0.717, 1.165) is 21.1 Å². The number of nitrogens with zero attached hydrogens (tertiary/aromatic N) is 3. The molecule has 2 aromatic heterocycles. The van der Waals surface area contributed by atoms with Crippen molar-refractivity contribution in [1.82, 2.24) is 15.0 Å². The van der Waals surface area contributed by atoms with Crippen LogP contribution in [-0.2, 0) is 0 Å². The van der Waals surface area contributed by atoms with Gasteiger partial charge in [-0.1, -0.05) is 23.7 Å². The maximum absolute atomic E-state index is 5.99. The Morgan fingerprint density at radius 3 is 2.79 bits per heavy atom. The van der Waals surface area contributed by atoms with Crippen molar-refractivity contribution in [2.75, 3.05) is 5.32 Å². The lowest BCUT2D eigenvalue weighted by molar-refractivity contribution is 1.20. The Balaban J connectivity index is 2.09. The molecule has 4 nitrogen and oxygen atoms in total. The first-order valence-corrected chi connectivity index (χ1v) is 6.69. The van der Waals surface area contributed by atoms with Gasteiger partial charge in [-0.05, 0) is 28.1 Å². The first kappa shape index (κ1) is 12.3. The largest absolute Gasteiger partial charge is 0.336 e. The van der Waals surface area contributed by atoms with E-state index < -0.39 is 0 Å². The lowest BCUT2D eigenvalue weighted by Gasteiger charge is -2.09. The molecule has 0 aliphatic carbocycles. The lowest BCUT2D eigenvalue weighted by atomic mass is 10.2. The van der Waals surface area contributed by atoms with Crippen LogP contribution in [0.25, 0.3) is 10.9 Å². The number of fused-ring (bicyclic) bond motifs is 1. The van der Waals surface area contributed by atoms with Gasteiger partial charge in [0.05, 0.1) is 11.2 Å². The van der Waals surface area contributed by atoms with Crippen LogP contribution in [0, 0.1) is 0 Å². The molecule has 0 radical (unpaired) electrons. The van der Waals surface area contributed by atoms with Crippen LogP contribution in [-0.4, -0.2) is 15.0 Å². The number of hydrogen-bond acceptors (Lipinski definition) is 4. The summed E-state index contributed by atoms with van der Waals surface area (Å²) in [4.78, 5) is 12.5. The third-order valence-corrected chi connectivity index (χ3v) is 3.29. The SMILES string of the molecule is Clc1nccnc1Nc1cccc2cc(Br)cnc12. The number of halogens is 2. The highest BCUT2D eigenvalue weighted by Crippen LogP contribution is 2.27. The first-order chi connectivity index (χ1) is 9.24. The number of aromatic nitrogens is 3. The van der Waals surface area contributed by atoms with E-state index in [1.165, 1.54) is 0 Å². The van der Waals surface area contributed by atoms with Crippen LogP contribution in [0.15, 0.2) is 47.3 Å². The summed E-state index contributed by atoms with van der Waals surface area (Å²) in [5.74, 6) is 0.515. The van der Waals surface area contributed by atoms with Crippen LogP contribution in [0.1, 0.15) is 0 Å². The fourth-order valence-electron chi connectivity index (χ4n) is 1.77. The summed E-state index contributed by atoms with van der Waals surface area (Å²) in [7, 11) is 0. The van der Waals surface area contributed by atoms with Crippen molar-refractivity contribution in [1.29, 1.82) is 0 Å². The van der Waals surface area contributed by atoms with Crippen LogP contribution in [0.4, 0.5) is 11.5 Å². The highest BCUT2D eigenvalue weighted by atomic mass is 79.9. The molecule has 0 unspecified atom stereocenters. The van der Waals surface area contributed by atoms with Crippen LogP contribution >= 0.6 is 27.5 Å². The number of anilines is 2. The van der Waals surface area contributed by atoms with E-state index in [0.29, 0.717) is 11.0 Å². The minimum atomic E-state index is 0.330. The Labute approximate surface area is 123 Å². The summed E-state index contributed by atoms with van der Waals surface area (Å²) in [6.07, 6.45) is 4.89. The second kappa shape index (κ2) is 5.11. The summed E-state index contributed by atoms with van der Waals surface area (Å²) < 4.78 is 0.940. The predicted molar refractivity (Wildman–Crippen MR) is 79.8 cm³/mol. The summed E-state index contributed by atoms with van der Waals surface area (Å²) in [6.45, 7) is 0. The van der Waals surface area contributed by atoms with E-state index in [-0.39, 0.29) is 0 Å². The Kier molecular flexibility index (Phi) is 3.31. The third kappa shape index (κ3) is 2.52. The molecule has 19 heavy (non-hydrogen) atoms. The number of nitrogens with one attached hydrogen (secondary N) is 1. The van der Waals surface area contributed by atoms with Gasteiger partial charge >= 0.3 is 0 Å². The molecule has 94 valence electrons. The fraction of sp³-hybridized carbons (Fsp3) is 0. The van der Waals surface area contributed by atoms with Crippen molar-refractivity contribution in [2.24, 2.45) is 0 Å². The van der Waals surface area contributed by atoms with E-state index in [1.54, 1.807) is 18.6 Å². The molecule has 6 heteroatoms. The molecule has 0 fully saturated rings. The lowest BCUT2D eigenvalue weighted by Crippen LogP contribution is -1.97. The Morgan fingerprint density at radius 2 is 1.95 bits per heavy atom. The maximum atomic E-state index is 5.99. The van der Waals surface area contributed by atoms with Gasteiger partial charge in [0.25, 0.3) is 0 Å². The van der Waals surface area contributed by atoms with Crippen molar-refractivity contribution in [3.8, 4) is 0 Å². The molecule has 2 heterocycles. The fourth-order valence-corrected chi connectivity index (χ4v) is 2.27. The van der Waals surface area contributed by atoms with Gasteiger partial charge in [0.1, 0.15) is 0 Å². The Bertz CT molecular complexity index is 748. The molecule has 0 aliphatic rings. The number of hydrogen-bond donors (Lipinski definition) is 1. The van der Waals surface area contributed by atoms with E-state index in [4.69, 9.17) is 11.6 Å². The summed E-state index contributed by atoms with van der Waals surface area (Å²) >= 11 is 9.40. The smallest absolute Gasteiger partial charge is 0.171 e. The van der Waals surface area contributed by atoms with E-state index in [2.05, 4.69) is 36.2 Å². The molecule has 1 aromatic carbocycles. The molecule has 0 aliphatic heterocycles. The number of benzene rings is 1. The standard InChI is InChI=1S/C13H8BrClN4/c14-9-6-8-2-1-3-10(11(8)18-7-9)19-13-12(15)16-4-5-17-13/h1-7H,(H,17,19). The van der Waals surface area contributed by atoms with Gasteiger partial charge in [-0.2, -0.15) is 0 Å². The minimum absolute atomic E-state index is 0.330. The van der Waals surface area contributed by atoms with Gasteiger partial charge in [0.2, 0.25) is 0 Å². The molecule has 0 atom stereocenters. The Morgan fingerprint density at radius 1 is 1.11 bits per heavy atom.